The fourth-order valence-electron chi connectivity index (χ4n) is 3.25. The lowest BCUT2D eigenvalue weighted by Crippen LogP contribution is -2.42. The molecular weight excluding hydrogens is 315 g/mol. The van der Waals surface area contributed by atoms with E-state index in [9.17, 15) is 19.1 Å². The molecule has 1 fully saturated rings. The minimum absolute atomic E-state index is 0.174. The van der Waals surface area contributed by atoms with Crippen LogP contribution in [0.15, 0.2) is 18.2 Å². The van der Waals surface area contributed by atoms with Gasteiger partial charge >= 0.3 is 12.0 Å². The number of hydrogen-bond acceptors (Lipinski definition) is 3. The topological polar surface area (TPSA) is 78.9 Å². The van der Waals surface area contributed by atoms with Crippen molar-refractivity contribution in [1.29, 1.82) is 0 Å². The number of urea groups is 1. The molecule has 1 aromatic carbocycles. The molecule has 0 radical (unpaired) electrons. The Balaban J connectivity index is 1.73. The molecule has 24 heavy (non-hydrogen) atoms. The molecule has 1 aromatic rings. The maximum absolute atomic E-state index is 13.6. The zero-order valence-electron chi connectivity index (χ0n) is 13.5. The Morgan fingerprint density at radius 2 is 2.25 bits per heavy atom. The quantitative estimate of drug-likeness (QED) is 0.870. The number of nitrogens with zero attached hydrogens (tertiary/aromatic N) is 1. The Kier molecular flexibility index (Phi) is 4.34. The van der Waals surface area contributed by atoms with Crippen molar-refractivity contribution in [1.82, 2.24) is 10.2 Å². The molecule has 130 valence electrons. The van der Waals surface area contributed by atoms with E-state index < -0.39 is 11.4 Å². The van der Waals surface area contributed by atoms with Gasteiger partial charge in [0.15, 0.2) is 0 Å². The van der Waals surface area contributed by atoms with E-state index in [1.54, 1.807) is 13.0 Å². The van der Waals surface area contributed by atoms with Crippen molar-refractivity contribution in [3.05, 3.63) is 29.6 Å². The highest BCUT2D eigenvalue weighted by Crippen LogP contribution is 2.34. The maximum atomic E-state index is 13.6. The van der Waals surface area contributed by atoms with E-state index >= 15 is 0 Å². The van der Waals surface area contributed by atoms with E-state index in [0.717, 1.165) is 6.42 Å². The van der Waals surface area contributed by atoms with Crippen LogP contribution < -0.4 is 10.1 Å². The molecular formula is C17H21FN2O4. The van der Waals surface area contributed by atoms with Gasteiger partial charge in [0.25, 0.3) is 0 Å². The predicted octanol–water partition coefficient (Wildman–Crippen LogP) is 2.55. The van der Waals surface area contributed by atoms with Gasteiger partial charge in [-0.05, 0) is 44.4 Å². The first-order chi connectivity index (χ1) is 11.4. The number of likely N-dealkylation sites (tertiary alicyclic amines) is 1. The Hall–Kier alpha value is -2.31. The zero-order chi connectivity index (χ0) is 17.3. The summed E-state index contributed by atoms with van der Waals surface area (Å²) in [6.45, 7) is 2.74. The standard InChI is InChI=1S/C17H21FN2O4/c1-17(15(21)22)6-7-20(10-17)16(23)19-13-3-2-8-24-14-5-4-11(18)9-12(13)14/h4-5,9,13H,2-3,6-8,10H2,1H3,(H,19,23)(H,21,22). The van der Waals surface area contributed by atoms with Crippen molar-refractivity contribution in [2.75, 3.05) is 19.7 Å². The highest BCUT2D eigenvalue weighted by atomic mass is 19.1. The van der Waals surface area contributed by atoms with Gasteiger partial charge in [0, 0.05) is 18.7 Å². The Labute approximate surface area is 139 Å². The molecule has 2 atom stereocenters. The minimum atomic E-state index is -0.909. The first-order valence-electron chi connectivity index (χ1n) is 8.10. The van der Waals surface area contributed by atoms with Gasteiger partial charge in [-0.15, -0.1) is 0 Å². The average Bonchev–Trinajstić information content (AvgIpc) is 2.85. The number of carbonyl (C=O) groups excluding carboxylic acids is 1. The van der Waals surface area contributed by atoms with Gasteiger partial charge in [0.1, 0.15) is 11.6 Å². The molecule has 2 aliphatic rings. The number of nitrogens with one attached hydrogen (secondary N) is 1. The number of carbonyl (C=O) groups is 2. The van der Waals surface area contributed by atoms with Crippen LogP contribution in [0.2, 0.25) is 0 Å². The summed E-state index contributed by atoms with van der Waals surface area (Å²) in [4.78, 5) is 25.3. The second-order valence-electron chi connectivity index (χ2n) is 6.71. The van der Waals surface area contributed by atoms with Crippen LogP contribution in [0.3, 0.4) is 0 Å². The van der Waals surface area contributed by atoms with Crippen LogP contribution in [0, 0.1) is 11.2 Å². The number of halogens is 1. The van der Waals surface area contributed by atoms with Gasteiger partial charge in [0.05, 0.1) is 18.1 Å². The molecule has 0 saturated carbocycles. The van der Waals surface area contributed by atoms with Crippen molar-refractivity contribution in [2.24, 2.45) is 5.41 Å². The molecule has 0 aliphatic carbocycles. The monoisotopic (exact) mass is 336 g/mol. The summed E-state index contributed by atoms with van der Waals surface area (Å²) in [7, 11) is 0. The fraction of sp³-hybridized carbons (Fsp3) is 0.529. The number of amides is 2. The number of aliphatic carboxylic acids is 1. The Bertz CT molecular complexity index is 666. The smallest absolute Gasteiger partial charge is 0.317 e. The van der Waals surface area contributed by atoms with Crippen molar-refractivity contribution in [3.63, 3.8) is 0 Å². The minimum Gasteiger partial charge on any atom is -0.493 e. The first kappa shape index (κ1) is 16.5. The van der Waals surface area contributed by atoms with Crippen molar-refractivity contribution < 1.29 is 23.8 Å². The van der Waals surface area contributed by atoms with E-state index in [4.69, 9.17) is 4.74 Å². The summed E-state index contributed by atoms with van der Waals surface area (Å²) < 4.78 is 19.2. The molecule has 3 rings (SSSR count). The summed E-state index contributed by atoms with van der Waals surface area (Å²) in [5.41, 5.74) is -0.283. The molecule has 2 N–H and O–H groups in total. The third kappa shape index (κ3) is 3.16. The lowest BCUT2D eigenvalue weighted by molar-refractivity contribution is -0.147. The van der Waals surface area contributed by atoms with Gasteiger partial charge < -0.3 is 20.1 Å². The molecule has 6 nitrogen and oxygen atoms in total. The second-order valence-corrected chi connectivity index (χ2v) is 6.71. The van der Waals surface area contributed by atoms with Crippen molar-refractivity contribution in [3.8, 4) is 5.75 Å². The van der Waals surface area contributed by atoms with Crippen LogP contribution in [0.5, 0.6) is 5.75 Å². The Morgan fingerprint density at radius 1 is 1.46 bits per heavy atom. The van der Waals surface area contributed by atoms with Crippen LogP contribution in [0.4, 0.5) is 9.18 Å². The van der Waals surface area contributed by atoms with Gasteiger partial charge in [-0.25, -0.2) is 9.18 Å². The van der Waals surface area contributed by atoms with Crippen LogP contribution in [-0.2, 0) is 4.79 Å². The SMILES string of the molecule is CC1(C(=O)O)CCN(C(=O)NC2CCCOc3ccc(F)cc32)C1. The second kappa shape index (κ2) is 6.30. The maximum Gasteiger partial charge on any atom is 0.317 e. The third-order valence-corrected chi connectivity index (χ3v) is 4.82. The van der Waals surface area contributed by atoms with E-state index in [-0.39, 0.29) is 24.4 Å². The van der Waals surface area contributed by atoms with Gasteiger partial charge in [-0.3, -0.25) is 4.79 Å². The molecule has 7 heteroatoms. The lowest BCUT2D eigenvalue weighted by atomic mass is 9.90. The van der Waals surface area contributed by atoms with Gasteiger partial charge in [-0.1, -0.05) is 0 Å². The van der Waals surface area contributed by atoms with Crippen molar-refractivity contribution in [2.45, 2.75) is 32.2 Å². The van der Waals surface area contributed by atoms with Crippen molar-refractivity contribution >= 4 is 12.0 Å². The van der Waals surface area contributed by atoms with E-state index in [0.29, 0.717) is 37.3 Å². The zero-order valence-corrected chi connectivity index (χ0v) is 13.5. The average molecular weight is 336 g/mol. The summed E-state index contributed by atoms with van der Waals surface area (Å²) in [5, 5.41) is 12.2. The number of carboxylic acid groups (broad SMARTS) is 1. The number of hydrogen-bond donors (Lipinski definition) is 2. The molecule has 2 unspecified atom stereocenters. The number of carboxylic acids is 1. The summed E-state index contributed by atoms with van der Waals surface area (Å²) in [5.74, 6) is -0.692. The number of ether oxygens (including phenoxy) is 1. The van der Waals surface area contributed by atoms with E-state index in [1.807, 2.05) is 0 Å². The molecule has 1 saturated heterocycles. The lowest BCUT2D eigenvalue weighted by Gasteiger charge is -2.24. The number of benzene rings is 1. The molecule has 0 spiro atoms. The third-order valence-electron chi connectivity index (χ3n) is 4.82. The first-order valence-corrected chi connectivity index (χ1v) is 8.10. The normalized spacial score (nSPS) is 26.2. The molecule has 2 amide bonds. The molecule has 2 aliphatic heterocycles. The van der Waals surface area contributed by atoms with Gasteiger partial charge in [-0.2, -0.15) is 0 Å². The van der Waals surface area contributed by atoms with Crippen LogP contribution in [0.1, 0.15) is 37.8 Å². The van der Waals surface area contributed by atoms with E-state index in [2.05, 4.69) is 5.32 Å². The summed E-state index contributed by atoms with van der Waals surface area (Å²) in [6.07, 6.45) is 1.81. The molecule has 2 heterocycles. The van der Waals surface area contributed by atoms with Gasteiger partial charge in [0.2, 0.25) is 0 Å². The molecule has 0 bridgehead atoms. The number of fused-ring (bicyclic) bond motifs is 1. The van der Waals surface area contributed by atoms with Crippen LogP contribution in [0.25, 0.3) is 0 Å². The summed E-state index contributed by atoms with van der Waals surface area (Å²) >= 11 is 0. The highest BCUT2D eigenvalue weighted by molar-refractivity contribution is 5.79. The summed E-state index contributed by atoms with van der Waals surface area (Å²) in [6, 6.07) is 3.63. The fourth-order valence-corrected chi connectivity index (χ4v) is 3.25. The predicted molar refractivity (Wildman–Crippen MR) is 84.3 cm³/mol. The van der Waals surface area contributed by atoms with Crippen LogP contribution >= 0.6 is 0 Å². The van der Waals surface area contributed by atoms with Crippen LogP contribution in [-0.4, -0.2) is 41.7 Å². The Morgan fingerprint density at radius 3 is 2.96 bits per heavy atom. The number of rotatable bonds is 2. The molecule has 0 aromatic heterocycles. The highest BCUT2D eigenvalue weighted by Gasteiger charge is 2.42. The largest absolute Gasteiger partial charge is 0.493 e. The van der Waals surface area contributed by atoms with E-state index in [1.165, 1.54) is 17.0 Å².